The third-order valence-electron chi connectivity index (χ3n) is 3.37. The van der Waals surface area contributed by atoms with Crippen LogP contribution in [0.1, 0.15) is 36.1 Å². The second kappa shape index (κ2) is 2.87. The fraction of sp³-hybridized carbons (Fsp3) is 0.545. The maximum atomic E-state index is 11.3. The van der Waals surface area contributed by atoms with Gasteiger partial charge in [0.2, 0.25) is 0 Å². The average molecular weight is 193 g/mol. The van der Waals surface area contributed by atoms with Gasteiger partial charge in [0.15, 0.2) is 0 Å². The second-order valence-electron chi connectivity index (χ2n) is 4.21. The lowest BCUT2D eigenvalue weighted by Crippen LogP contribution is -2.43. The lowest BCUT2D eigenvalue weighted by molar-refractivity contribution is -0.147. The number of hydrogen-bond acceptors (Lipinski definition) is 1. The van der Waals surface area contributed by atoms with E-state index in [0.29, 0.717) is 0 Å². The summed E-state index contributed by atoms with van der Waals surface area (Å²) in [6.45, 7) is 3.92. The maximum Gasteiger partial charge on any atom is 0.314 e. The number of aromatic amines is 1. The summed E-state index contributed by atoms with van der Waals surface area (Å²) < 4.78 is 0. The van der Waals surface area contributed by atoms with Crippen LogP contribution in [-0.4, -0.2) is 16.1 Å². The molecular weight excluding hydrogens is 178 g/mol. The van der Waals surface area contributed by atoms with E-state index in [1.165, 1.54) is 0 Å². The number of carbonyl (C=O) groups is 1. The van der Waals surface area contributed by atoms with E-state index in [9.17, 15) is 9.90 Å². The molecule has 3 heteroatoms. The molecule has 1 saturated carbocycles. The number of carboxylic acid groups (broad SMARTS) is 1. The molecule has 0 aromatic carbocycles. The van der Waals surface area contributed by atoms with Gasteiger partial charge in [-0.2, -0.15) is 0 Å². The van der Waals surface area contributed by atoms with Crippen molar-refractivity contribution in [1.29, 1.82) is 0 Å². The van der Waals surface area contributed by atoms with Crippen molar-refractivity contribution in [2.45, 2.75) is 38.5 Å². The minimum atomic E-state index is -0.672. The summed E-state index contributed by atoms with van der Waals surface area (Å²) in [6.07, 6.45) is 4.48. The Morgan fingerprint density at radius 2 is 2.14 bits per heavy atom. The quantitative estimate of drug-likeness (QED) is 0.756. The van der Waals surface area contributed by atoms with Crippen LogP contribution in [0.4, 0.5) is 0 Å². The zero-order valence-corrected chi connectivity index (χ0v) is 8.55. The first-order chi connectivity index (χ1) is 6.58. The molecule has 2 N–H and O–H groups in total. The van der Waals surface area contributed by atoms with Gasteiger partial charge >= 0.3 is 5.97 Å². The highest BCUT2D eigenvalue weighted by atomic mass is 16.4. The summed E-state index contributed by atoms with van der Waals surface area (Å²) in [4.78, 5) is 14.4. The van der Waals surface area contributed by atoms with Gasteiger partial charge in [0.05, 0.1) is 5.41 Å². The Hall–Kier alpha value is -1.25. The van der Waals surface area contributed by atoms with Crippen molar-refractivity contribution >= 4 is 5.97 Å². The van der Waals surface area contributed by atoms with Crippen molar-refractivity contribution < 1.29 is 9.90 Å². The molecule has 1 aromatic rings. The summed E-state index contributed by atoms with van der Waals surface area (Å²) in [6, 6.07) is 0. The molecule has 0 aliphatic heterocycles. The van der Waals surface area contributed by atoms with Gasteiger partial charge in [-0.15, -0.1) is 0 Å². The molecule has 0 bridgehead atoms. The third kappa shape index (κ3) is 1.01. The molecule has 1 aliphatic carbocycles. The average Bonchev–Trinajstić information content (AvgIpc) is 2.33. The van der Waals surface area contributed by atoms with Crippen molar-refractivity contribution in [1.82, 2.24) is 4.98 Å². The van der Waals surface area contributed by atoms with Crippen molar-refractivity contribution in [3.05, 3.63) is 23.0 Å². The standard InChI is InChI=1S/C11H15NO2/c1-7-6-12-8(2)9(7)11(10(13)14)4-3-5-11/h6,12H,3-5H2,1-2H3,(H,13,14). The van der Waals surface area contributed by atoms with Crippen LogP contribution in [-0.2, 0) is 10.2 Å². The minimum absolute atomic E-state index is 0.589. The fourth-order valence-corrected chi connectivity index (χ4v) is 2.49. The van der Waals surface area contributed by atoms with E-state index in [4.69, 9.17) is 0 Å². The van der Waals surface area contributed by atoms with Crippen LogP contribution in [0, 0.1) is 13.8 Å². The van der Waals surface area contributed by atoms with Gasteiger partial charge in [-0.25, -0.2) is 0 Å². The van der Waals surface area contributed by atoms with Gasteiger partial charge in [-0.3, -0.25) is 4.79 Å². The summed E-state index contributed by atoms with van der Waals surface area (Å²) in [5, 5.41) is 9.29. The van der Waals surface area contributed by atoms with Crippen molar-refractivity contribution in [3.8, 4) is 0 Å². The van der Waals surface area contributed by atoms with Gasteiger partial charge in [0.25, 0.3) is 0 Å². The molecule has 2 rings (SSSR count). The Bertz CT molecular complexity index is 355. The molecule has 0 radical (unpaired) electrons. The number of carboxylic acids is 1. The van der Waals surface area contributed by atoms with Crippen molar-refractivity contribution in [2.24, 2.45) is 0 Å². The Labute approximate surface area is 83.1 Å². The van der Waals surface area contributed by atoms with Crippen molar-refractivity contribution in [2.75, 3.05) is 0 Å². The van der Waals surface area contributed by atoms with Crippen LogP contribution in [0.15, 0.2) is 6.20 Å². The first kappa shape index (κ1) is 9.31. The normalized spacial score (nSPS) is 19.0. The molecule has 1 fully saturated rings. The highest BCUT2D eigenvalue weighted by Crippen LogP contribution is 2.46. The summed E-state index contributed by atoms with van der Waals surface area (Å²) >= 11 is 0. The molecule has 0 amide bonds. The van der Waals surface area contributed by atoms with Gasteiger partial charge in [-0.1, -0.05) is 6.42 Å². The van der Waals surface area contributed by atoms with Crippen LogP contribution in [0.25, 0.3) is 0 Å². The lowest BCUT2D eigenvalue weighted by Gasteiger charge is -2.38. The minimum Gasteiger partial charge on any atom is -0.481 e. The van der Waals surface area contributed by atoms with Gasteiger partial charge in [0.1, 0.15) is 0 Å². The maximum absolute atomic E-state index is 11.3. The van der Waals surface area contributed by atoms with Crippen LogP contribution in [0.2, 0.25) is 0 Å². The number of H-pyrrole nitrogens is 1. The van der Waals surface area contributed by atoms with Gasteiger partial charge in [-0.05, 0) is 37.8 Å². The summed E-state index contributed by atoms with van der Waals surface area (Å²) in [5.41, 5.74) is 2.50. The van der Waals surface area contributed by atoms with E-state index >= 15 is 0 Å². The number of rotatable bonds is 2. The summed E-state index contributed by atoms with van der Waals surface area (Å²) in [5.74, 6) is -0.672. The zero-order chi connectivity index (χ0) is 10.3. The largest absolute Gasteiger partial charge is 0.481 e. The molecule has 76 valence electrons. The summed E-state index contributed by atoms with van der Waals surface area (Å²) in [7, 11) is 0. The van der Waals surface area contributed by atoms with Crippen LogP contribution in [0.3, 0.4) is 0 Å². The molecule has 1 aromatic heterocycles. The molecule has 0 spiro atoms. The van der Waals surface area contributed by atoms with Gasteiger partial charge in [0, 0.05) is 11.9 Å². The lowest BCUT2D eigenvalue weighted by atomic mass is 9.63. The number of nitrogens with one attached hydrogen (secondary N) is 1. The van der Waals surface area contributed by atoms with Gasteiger partial charge < -0.3 is 10.1 Å². The molecule has 1 aliphatic rings. The van der Waals surface area contributed by atoms with Crippen molar-refractivity contribution in [3.63, 3.8) is 0 Å². The smallest absolute Gasteiger partial charge is 0.314 e. The highest BCUT2D eigenvalue weighted by molar-refractivity contribution is 5.83. The van der Waals surface area contributed by atoms with E-state index in [1.54, 1.807) is 0 Å². The predicted molar refractivity (Wildman–Crippen MR) is 53.4 cm³/mol. The molecule has 0 saturated heterocycles. The molecule has 3 nitrogen and oxygen atoms in total. The topological polar surface area (TPSA) is 53.1 Å². The van der Waals surface area contributed by atoms with E-state index in [2.05, 4.69) is 4.98 Å². The highest BCUT2D eigenvalue weighted by Gasteiger charge is 2.47. The molecule has 0 atom stereocenters. The van der Waals surface area contributed by atoms with Crippen LogP contribution < -0.4 is 0 Å². The SMILES string of the molecule is Cc1c[nH]c(C)c1C1(C(=O)O)CCC1. The number of aliphatic carboxylic acids is 1. The van der Waals surface area contributed by atoms with E-state index in [1.807, 2.05) is 20.0 Å². The Balaban J connectivity index is 2.51. The number of aromatic nitrogens is 1. The molecule has 1 heterocycles. The monoisotopic (exact) mass is 193 g/mol. The number of hydrogen-bond donors (Lipinski definition) is 2. The van der Waals surface area contributed by atoms with Crippen LogP contribution >= 0.6 is 0 Å². The third-order valence-corrected chi connectivity index (χ3v) is 3.37. The first-order valence-corrected chi connectivity index (χ1v) is 4.96. The zero-order valence-electron chi connectivity index (χ0n) is 8.55. The Kier molecular flexibility index (Phi) is 1.91. The Morgan fingerprint density at radius 1 is 1.50 bits per heavy atom. The molecule has 0 unspecified atom stereocenters. The van der Waals surface area contributed by atoms with E-state index < -0.39 is 11.4 Å². The van der Waals surface area contributed by atoms with Crippen LogP contribution in [0.5, 0.6) is 0 Å². The number of aryl methyl sites for hydroxylation is 2. The molecule has 14 heavy (non-hydrogen) atoms. The van der Waals surface area contributed by atoms with E-state index in [-0.39, 0.29) is 0 Å². The first-order valence-electron chi connectivity index (χ1n) is 4.96. The van der Waals surface area contributed by atoms with E-state index in [0.717, 1.165) is 36.1 Å². The predicted octanol–water partition coefficient (Wildman–Crippen LogP) is 2.14. The second-order valence-corrected chi connectivity index (χ2v) is 4.21. The fourth-order valence-electron chi connectivity index (χ4n) is 2.49. The Morgan fingerprint density at radius 3 is 2.43 bits per heavy atom. The molecular formula is C11H15NO2.